The molecular weight excluding hydrogens is 198 g/mol. The predicted octanol–water partition coefficient (Wildman–Crippen LogP) is 3.17. The molecule has 0 spiro atoms. The molecule has 0 N–H and O–H groups in total. The van der Waals surface area contributed by atoms with E-state index in [1.807, 2.05) is 0 Å². The molecule has 0 bridgehead atoms. The third kappa shape index (κ3) is 1.72. The van der Waals surface area contributed by atoms with Gasteiger partial charge in [-0.1, -0.05) is 24.3 Å². The molecule has 2 aliphatic rings. The fourth-order valence-corrected chi connectivity index (χ4v) is 2.46. The summed E-state index contributed by atoms with van der Waals surface area (Å²) in [5.74, 6) is 0.802. The first-order chi connectivity index (χ1) is 7.88. The van der Waals surface area contributed by atoms with Gasteiger partial charge in [0.05, 0.1) is 18.1 Å². The topological polar surface area (TPSA) is 33.0 Å². The fraction of sp³-hybridized carbons (Fsp3) is 0.500. The van der Waals surface area contributed by atoms with E-state index in [9.17, 15) is 0 Å². The number of benzene rings is 1. The number of nitrogens with zero attached hydrogens (tertiary/aromatic N) is 1. The maximum Gasteiger partial charge on any atom is 0.0983 e. The Hall–Kier alpha value is -1.33. The van der Waals surface area contributed by atoms with Gasteiger partial charge in [-0.05, 0) is 36.3 Å². The van der Waals surface area contributed by atoms with Crippen molar-refractivity contribution in [3.05, 3.63) is 35.4 Å². The van der Waals surface area contributed by atoms with Crippen molar-refractivity contribution in [2.24, 2.45) is 5.92 Å². The molecule has 1 aliphatic carbocycles. The summed E-state index contributed by atoms with van der Waals surface area (Å²) in [6.07, 6.45) is 3.51. The largest absolute Gasteiger partial charge is 0.372 e. The summed E-state index contributed by atoms with van der Waals surface area (Å²) in [6.45, 7) is 0.719. The third-order valence-corrected chi connectivity index (χ3v) is 3.55. The molecule has 2 heteroatoms. The van der Waals surface area contributed by atoms with Crippen LogP contribution in [0.4, 0.5) is 0 Å². The van der Waals surface area contributed by atoms with Gasteiger partial charge >= 0.3 is 0 Å². The molecule has 2 fully saturated rings. The molecule has 1 aromatic rings. The Morgan fingerprint density at radius 1 is 1.19 bits per heavy atom. The SMILES string of the molecule is N#CC1CCOC1c1cccc(C2CC2)c1. The summed E-state index contributed by atoms with van der Waals surface area (Å²) in [4.78, 5) is 0. The Morgan fingerprint density at radius 2 is 2.00 bits per heavy atom. The van der Waals surface area contributed by atoms with Crippen LogP contribution in [-0.4, -0.2) is 6.61 Å². The minimum atomic E-state index is 0.00343. The van der Waals surface area contributed by atoms with Crippen molar-refractivity contribution in [1.82, 2.24) is 0 Å². The first-order valence-electron chi connectivity index (χ1n) is 5.99. The predicted molar refractivity (Wildman–Crippen MR) is 60.8 cm³/mol. The first kappa shape index (κ1) is 9.86. The van der Waals surface area contributed by atoms with Gasteiger partial charge in [0.15, 0.2) is 0 Å². The lowest BCUT2D eigenvalue weighted by molar-refractivity contribution is 0.101. The van der Waals surface area contributed by atoms with Crippen LogP contribution in [0.5, 0.6) is 0 Å². The maximum atomic E-state index is 9.06. The van der Waals surface area contributed by atoms with Crippen LogP contribution >= 0.6 is 0 Å². The molecule has 0 radical (unpaired) electrons. The normalized spacial score (nSPS) is 28.9. The molecule has 82 valence electrons. The Balaban J connectivity index is 1.88. The Morgan fingerprint density at radius 3 is 2.75 bits per heavy atom. The van der Waals surface area contributed by atoms with Crippen molar-refractivity contribution < 1.29 is 4.74 Å². The number of rotatable bonds is 2. The highest BCUT2D eigenvalue weighted by molar-refractivity contribution is 5.31. The number of nitriles is 1. The van der Waals surface area contributed by atoms with Crippen molar-refractivity contribution in [3.8, 4) is 6.07 Å². The molecule has 2 nitrogen and oxygen atoms in total. The zero-order valence-corrected chi connectivity index (χ0v) is 9.23. The molecular formula is C14H15NO. The van der Waals surface area contributed by atoms with Gasteiger partial charge in [-0.3, -0.25) is 0 Å². The molecule has 0 aromatic heterocycles. The van der Waals surface area contributed by atoms with Crippen LogP contribution in [0.15, 0.2) is 24.3 Å². The van der Waals surface area contributed by atoms with E-state index in [1.54, 1.807) is 0 Å². The van der Waals surface area contributed by atoms with E-state index in [4.69, 9.17) is 10.00 Å². The monoisotopic (exact) mass is 213 g/mol. The van der Waals surface area contributed by atoms with Crippen LogP contribution in [-0.2, 0) is 4.74 Å². The third-order valence-electron chi connectivity index (χ3n) is 3.55. The van der Waals surface area contributed by atoms with Gasteiger partial charge in [-0.25, -0.2) is 0 Å². The number of ether oxygens (including phenoxy) is 1. The average Bonchev–Trinajstić information content (AvgIpc) is 3.07. The molecule has 2 atom stereocenters. The van der Waals surface area contributed by atoms with Gasteiger partial charge in [0.25, 0.3) is 0 Å². The van der Waals surface area contributed by atoms with Gasteiger partial charge in [0.2, 0.25) is 0 Å². The van der Waals surface area contributed by atoms with E-state index < -0.39 is 0 Å². The molecule has 16 heavy (non-hydrogen) atoms. The van der Waals surface area contributed by atoms with Crippen LogP contribution in [0.25, 0.3) is 0 Å². The van der Waals surface area contributed by atoms with Gasteiger partial charge in [0.1, 0.15) is 0 Å². The van der Waals surface area contributed by atoms with Crippen LogP contribution in [0.1, 0.15) is 42.4 Å². The highest BCUT2D eigenvalue weighted by Gasteiger charge is 2.31. The Bertz CT molecular complexity index is 431. The van der Waals surface area contributed by atoms with Crippen LogP contribution in [0.3, 0.4) is 0 Å². The second-order valence-electron chi connectivity index (χ2n) is 4.76. The van der Waals surface area contributed by atoms with Gasteiger partial charge in [-0.15, -0.1) is 0 Å². The summed E-state index contributed by atoms with van der Waals surface area (Å²) >= 11 is 0. The number of hydrogen-bond donors (Lipinski definition) is 0. The minimum absolute atomic E-state index is 0.00343. The lowest BCUT2D eigenvalue weighted by Crippen LogP contribution is -2.05. The summed E-state index contributed by atoms with van der Waals surface area (Å²) in [5.41, 5.74) is 2.61. The molecule has 0 amide bonds. The van der Waals surface area contributed by atoms with Crippen LogP contribution < -0.4 is 0 Å². The molecule has 1 aromatic carbocycles. The van der Waals surface area contributed by atoms with Crippen molar-refractivity contribution in [2.75, 3.05) is 6.61 Å². The van der Waals surface area contributed by atoms with Gasteiger partial charge < -0.3 is 4.74 Å². The summed E-state index contributed by atoms with van der Waals surface area (Å²) in [5, 5.41) is 9.06. The number of hydrogen-bond acceptors (Lipinski definition) is 2. The lowest BCUT2D eigenvalue weighted by Gasteiger charge is -2.14. The van der Waals surface area contributed by atoms with E-state index in [0.717, 1.165) is 18.9 Å². The fourth-order valence-electron chi connectivity index (χ4n) is 2.46. The van der Waals surface area contributed by atoms with Gasteiger partial charge in [-0.2, -0.15) is 5.26 Å². The molecule has 1 saturated heterocycles. The van der Waals surface area contributed by atoms with Crippen molar-refractivity contribution >= 4 is 0 Å². The summed E-state index contributed by atoms with van der Waals surface area (Å²) in [7, 11) is 0. The summed E-state index contributed by atoms with van der Waals surface area (Å²) < 4.78 is 5.68. The Kier molecular flexibility index (Phi) is 2.41. The minimum Gasteiger partial charge on any atom is -0.372 e. The molecule has 3 rings (SSSR count). The lowest BCUT2D eigenvalue weighted by atomic mass is 9.95. The van der Waals surface area contributed by atoms with E-state index >= 15 is 0 Å². The molecule has 1 aliphatic heterocycles. The average molecular weight is 213 g/mol. The molecule has 1 heterocycles. The summed E-state index contributed by atoms with van der Waals surface area (Å²) in [6, 6.07) is 11.0. The molecule has 1 saturated carbocycles. The zero-order valence-electron chi connectivity index (χ0n) is 9.23. The van der Waals surface area contributed by atoms with Crippen LogP contribution in [0.2, 0.25) is 0 Å². The highest BCUT2D eigenvalue weighted by atomic mass is 16.5. The quantitative estimate of drug-likeness (QED) is 0.756. The van der Waals surface area contributed by atoms with E-state index in [0.29, 0.717) is 0 Å². The van der Waals surface area contributed by atoms with E-state index in [1.165, 1.54) is 24.0 Å². The zero-order chi connectivity index (χ0) is 11.0. The standard InChI is InChI=1S/C14H15NO/c15-9-13-6-7-16-14(13)12-3-1-2-11(8-12)10-4-5-10/h1-3,8,10,13-14H,4-7H2. The van der Waals surface area contributed by atoms with Crippen molar-refractivity contribution in [2.45, 2.75) is 31.3 Å². The van der Waals surface area contributed by atoms with Crippen LogP contribution in [0, 0.1) is 17.2 Å². The van der Waals surface area contributed by atoms with Gasteiger partial charge in [0, 0.05) is 6.61 Å². The van der Waals surface area contributed by atoms with E-state index in [2.05, 4.69) is 30.3 Å². The second-order valence-corrected chi connectivity index (χ2v) is 4.76. The second kappa shape index (κ2) is 3.92. The van der Waals surface area contributed by atoms with E-state index in [-0.39, 0.29) is 12.0 Å². The smallest absolute Gasteiger partial charge is 0.0983 e. The maximum absolute atomic E-state index is 9.06. The Labute approximate surface area is 95.8 Å². The highest BCUT2D eigenvalue weighted by Crippen LogP contribution is 2.42. The van der Waals surface area contributed by atoms with Crippen molar-refractivity contribution in [1.29, 1.82) is 5.26 Å². The first-order valence-corrected chi connectivity index (χ1v) is 5.99. The molecule has 2 unspecified atom stereocenters. The van der Waals surface area contributed by atoms with Crippen molar-refractivity contribution in [3.63, 3.8) is 0 Å².